The van der Waals surface area contributed by atoms with Crippen molar-refractivity contribution in [3.8, 4) is 22.6 Å². The highest BCUT2D eigenvalue weighted by Gasteiger charge is 2.48. The summed E-state index contributed by atoms with van der Waals surface area (Å²) in [4.78, 5) is 34.2. The number of amides is 1. The number of ether oxygens (including phenoxy) is 5. The molecule has 228 valence electrons. The van der Waals surface area contributed by atoms with Crippen LogP contribution in [0, 0.1) is 12.8 Å². The molecular formula is C32H43N3O7. The Morgan fingerprint density at radius 3 is 2.26 bits per heavy atom. The van der Waals surface area contributed by atoms with Gasteiger partial charge in [-0.15, -0.1) is 0 Å². The van der Waals surface area contributed by atoms with Crippen LogP contribution < -0.4 is 14.4 Å². The predicted octanol–water partition coefficient (Wildman–Crippen LogP) is 5.59. The van der Waals surface area contributed by atoms with Crippen LogP contribution >= 0.6 is 0 Å². The number of carbonyl (C=O) groups excluding carboxylic acids is 2. The van der Waals surface area contributed by atoms with Crippen molar-refractivity contribution in [1.29, 1.82) is 0 Å². The molecule has 5 rings (SSSR count). The monoisotopic (exact) mass is 581 g/mol. The van der Waals surface area contributed by atoms with E-state index in [4.69, 9.17) is 28.7 Å². The Morgan fingerprint density at radius 1 is 1.05 bits per heavy atom. The third-order valence-electron chi connectivity index (χ3n) is 8.19. The predicted molar refractivity (Wildman–Crippen MR) is 158 cm³/mol. The molecule has 3 aliphatic rings. The molecule has 0 radical (unpaired) electrons. The maximum atomic E-state index is 12.8. The van der Waals surface area contributed by atoms with Crippen molar-refractivity contribution in [2.24, 2.45) is 5.92 Å². The van der Waals surface area contributed by atoms with Gasteiger partial charge in [-0.2, -0.15) is 0 Å². The lowest BCUT2D eigenvalue weighted by Crippen LogP contribution is -2.50. The van der Waals surface area contributed by atoms with Gasteiger partial charge in [0.1, 0.15) is 11.4 Å². The van der Waals surface area contributed by atoms with E-state index in [1.165, 1.54) is 7.11 Å². The summed E-state index contributed by atoms with van der Waals surface area (Å²) in [6, 6.07) is 5.79. The van der Waals surface area contributed by atoms with Gasteiger partial charge in [-0.3, -0.25) is 0 Å². The number of carbonyl (C=O) groups is 2. The second-order valence-corrected chi connectivity index (χ2v) is 12.8. The third-order valence-corrected chi connectivity index (χ3v) is 8.19. The van der Waals surface area contributed by atoms with Crippen molar-refractivity contribution in [2.45, 2.75) is 84.9 Å². The average Bonchev–Trinajstić information content (AvgIpc) is 3.31. The molecule has 0 aliphatic carbocycles. The number of fused-ring (bicyclic) bond motifs is 1. The molecule has 3 aliphatic heterocycles. The molecule has 0 bridgehead atoms. The summed E-state index contributed by atoms with van der Waals surface area (Å²) in [5, 5.41) is 0. The fourth-order valence-electron chi connectivity index (χ4n) is 6.10. The van der Waals surface area contributed by atoms with Crippen molar-refractivity contribution in [2.75, 3.05) is 38.2 Å². The first-order chi connectivity index (χ1) is 19.8. The van der Waals surface area contributed by atoms with Gasteiger partial charge in [0.25, 0.3) is 5.79 Å². The number of anilines is 1. The molecule has 0 saturated carbocycles. The van der Waals surface area contributed by atoms with Gasteiger partial charge in [0.05, 0.1) is 24.9 Å². The third kappa shape index (κ3) is 6.00. The van der Waals surface area contributed by atoms with Gasteiger partial charge in [0.15, 0.2) is 11.5 Å². The van der Waals surface area contributed by atoms with Crippen molar-refractivity contribution in [1.82, 2.24) is 9.88 Å². The molecule has 1 aromatic heterocycles. The summed E-state index contributed by atoms with van der Waals surface area (Å²) in [5.74, 6) is 0.592. The van der Waals surface area contributed by atoms with E-state index in [-0.39, 0.29) is 24.2 Å². The van der Waals surface area contributed by atoms with E-state index in [0.29, 0.717) is 54.1 Å². The number of piperidine rings is 1. The number of methoxy groups -OCH3 is 1. The van der Waals surface area contributed by atoms with Gasteiger partial charge in [0, 0.05) is 61.9 Å². The highest BCUT2D eigenvalue weighted by molar-refractivity contribution is 5.95. The Labute approximate surface area is 248 Å². The van der Waals surface area contributed by atoms with Crippen molar-refractivity contribution in [3.63, 3.8) is 0 Å². The second kappa shape index (κ2) is 11.3. The lowest BCUT2D eigenvalue weighted by molar-refractivity contribution is -0.124. The highest BCUT2D eigenvalue weighted by Crippen LogP contribution is 2.52. The zero-order valence-corrected chi connectivity index (χ0v) is 26.0. The Kier molecular flexibility index (Phi) is 8.04. The van der Waals surface area contributed by atoms with Gasteiger partial charge >= 0.3 is 12.1 Å². The maximum Gasteiger partial charge on any atom is 0.410 e. The molecule has 0 spiro atoms. The minimum atomic E-state index is -0.968. The van der Waals surface area contributed by atoms with Crippen LogP contribution in [0.1, 0.15) is 70.3 Å². The number of rotatable bonds is 4. The second-order valence-electron chi connectivity index (χ2n) is 12.8. The van der Waals surface area contributed by atoms with Crippen LogP contribution in [0.4, 0.5) is 10.6 Å². The van der Waals surface area contributed by atoms with Crippen LogP contribution in [0.5, 0.6) is 11.5 Å². The normalized spacial score (nSPS) is 24.5. The molecule has 1 amide bonds. The molecule has 2 aromatic rings. The summed E-state index contributed by atoms with van der Waals surface area (Å²) in [6.45, 7) is 16.1. The molecule has 10 nitrogen and oxygen atoms in total. The van der Waals surface area contributed by atoms with E-state index in [2.05, 4.69) is 18.7 Å². The number of likely N-dealkylation sites (tertiary alicyclic amines) is 1. The molecule has 3 unspecified atom stereocenters. The minimum absolute atomic E-state index is 0.0169. The largest absolute Gasteiger partial charge is 0.465 e. The summed E-state index contributed by atoms with van der Waals surface area (Å²) in [6.07, 6.45) is 3.13. The van der Waals surface area contributed by atoms with Crippen molar-refractivity contribution >= 4 is 17.9 Å². The summed E-state index contributed by atoms with van der Waals surface area (Å²) >= 11 is 0. The Hall–Kier alpha value is -3.53. The molecule has 0 N–H and O–H groups in total. The Bertz CT molecular complexity index is 1320. The summed E-state index contributed by atoms with van der Waals surface area (Å²) < 4.78 is 29.8. The number of aromatic nitrogens is 1. The molecule has 3 atom stereocenters. The lowest BCUT2D eigenvalue weighted by atomic mass is 9.89. The number of morpholine rings is 1. The first kappa shape index (κ1) is 29.9. The summed E-state index contributed by atoms with van der Waals surface area (Å²) in [7, 11) is 1.37. The van der Waals surface area contributed by atoms with E-state index in [1.807, 2.05) is 52.9 Å². The number of benzene rings is 1. The topological polar surface area (TPSA) is 99.7 Å². The van der Waals surface area contributed by atoms with Crippen molar-refractivity contribution < 1.29 is 33.3 Å². The fraction of sp³-hybridized carbons (Fsp3) is 0.594. The number of esters is 1. The smallest absolute Gasteiger partial charge is 0.410 e. The van der Waals surface area contributed by atoms with E-state index < -0.39 is 17.4 Å². The van der Waals surface area contributed by atoms with Crippen LogP contribution in [-0.4, -0.2) is 78.8 Å². The van der Waals surface area contributed by atoms with E-state index >= 15 is 0 Å². The Morgan fingerprint density at radius 2 is 1.69 bits per heavy atom. The van der Waals surface area contributed by atoms with Crippen LogP contribution in [0.15, 0.2) is 24.4 Å². The molecular weight excluding hydrogens is 538 g/mol. The number of pyridine rings is 1. The van der Waals surface area contributed by atoms with Crippen LogP contribution in [-0.2, 0) is 14.2 Å². The number of hydrogen-bond acceptors (Lipinski definition) is 9. The fourth-order valence-corrected chi connectivity index (χ4v) is 6.10. The minimum Gasteiger partial charge on any atom is -0.465 e. The van der Waals surface area contributed by atoms with Gasteiger partial charge in [-0.05, 0) is 72.6 Å². The first-order valence-electron chi connectivity index (χ1n) is 14.8. The molecule has 10 heteroatoms. The van der Waals surface area contributed by atoms with Crippen LogP contribution in [0.3, 0.4) is 0 Å². The SMILES string of the molecule is COC(=O)c1cc(-c2ccc(N3CC(C)OC(C)C3)nc2)c2c(c1C)OC(C)(C1CCN(C(=O)OC(C)(C)C)CC1)O2. The first-order valence-corrected chi connectivity index (χ1v) is 14.8. The molecule has 2 fully saturated rings. The quantitative estimate of drug-likeness (QED) is 0.428. The molecule has 1 aromatic carbocycles. The molecule has 42 heavy (non-hydrogen) atoms. The standard InChI is InChI=1S/C32H43N3O7/c1-19-17-35(18-20(2)39-19)26-10-9-22(16-33-26)25-15-24(29(36)38-8)21(3)27-28(25)41-32(7,40-27)23-11-13-34(14-12-23)30(37)42-31(4,5)6/h9-10,15-16,19-20,23H,11-14,17-18H2,1-8H3. The maximum absolute atomic E-state index is 12.8. The van der Waals surface area contributed by atoms with E-state index in [0.717, 1.165) is 24.5 Å². The molecule has 4 heterocycles. The summed E-state index contributed by atoms with van der Waals surface area (Å²) in [5.41, 5.74) is 2.06. The molecule has 2 saturated heterocycles. The lowest BCUT2D eigenvalue weighted by Gasteiger charge is -2.39. The average molecular weight is 582 g/mol. The van der Waals surface area contributed by atoms with Crippen molar-refractivity contribution in [3.05, 3.63) is 35.5 Å². The number of hydrogen-bond donors (Lipinski definition) is 0. The van der Waals surface area contributed by atoms with E-state index in [1.54, 1.807) is 11.0 Å². The van der Waals surface area contributed by atoms with Gasteiger partial charge in [0.2, 0.25) is 0 Å². The highest BCUT2D eigenvalue weighted by atomic mass is 16.7. The van der Waals surface area contributed by atoms with Crippen LogP contribution in [0.25, 0.3) is 11.1 Å². The van der Waals surface area contributed by atoms with Crippen LogP contribution in [0.2, 0.25) is 0 Å². The zero-order valence-electron chi connectivity index (χ0n) is 26.0. The van der Waals surface area contributed by atoms with E-state index in [9.17, 15) is 9.59 Å². The zero-order chi connectivity index (χ0) is 30.4. The number of nitrogens with zero attached hydrogens (tertiary/aromatic N) is 3. The Balaban J connectivity index is 1.41. The van der Waals surface area contributed by atoms with Gasteiger partial charge in [-0.1, -0.05) is 0 Å². The van der Waals surface area contributed by atoms with Gasteiger partial charge < -0.3 is 33.5 Å². The van der Waals surface area contributed by atoms with Gasteiger partial charge in [-0.25, -0.2) is 14.6 Å².